The van der Waals surface area contributed by atoms with Crippen molar-refractivity contribution in [1.29, 1.82) is 0 Å². The molecule has 0 atom stereocenters. The molecule has 8 nitrogen and oxygen atoms in total. The maximum atomic E-state index is 12.9. The van der Waals surface area contributed by atoms with Gasteiger partial charge in [0, 0.05) is 35.9 Å². The number of hydrogen-bond donors (Lipinski definition) is 4. The Morgan fingerprint density at radius 1 is 0.649 bits per heavy atom. The topological polar surface area (TPSA) is 141 Å². The van der Waals surface area contributed by atoms with Crippen molar-refractivity contribution in [3.63, 3.8) is 0 Å². The highest BCUT2D eigenvalue weighted by molar-refractivity contribution is 7.13. The van der Waals surface area contributed by atoms with E-state index in [1.54, 1.807) is 30.3 Å². The van der Waals surface area contributed by atoms with Gasteiger partial charge in [-0.3, -0.25) is 9.59 Å². The molecule has 4 N–H and O–H groups in total. The van der Waals surface area contributed by atoms with Crippen LogP contribution in [-0.2, 0) is 0 Å². The van der Waals surface area contributed by atoms with Crippen molar-refractivity contribution in [3.05, 3.63) is 92.6 Å². The number of rotatable bonds is 3. The predicted molar refractivity (Wildman–Crippen MR) is 139 cm³/mol. The zero-order chi connectivity index (χ0) is 25.8. The summed E-state index contributed by atoms with van der Waals surface area (Å²) in [6.07, 6.45) is 0. The van der Waals surface area contributed by atoms with Gasteiger partial charge in [-0.25, -0.2) is 0 Å². The molecule has 0 aliphatic carbocycles. The Hall–Kier alpha value is -5.02. The van der Waals surface area contributed by atoms with Gasteiger partial charge in [-0.05, 0) is 23.1 Å². The van der Waals surface area contributed by atoms with E-state index in [1.807, 2.05) is 11.4 Å². The van der Waals surface area contributed by atoms with Gasteiger partial charge in [0.1, 0.15) is 50.9 Å². The number of hydrogen-bond acceptors (Lipinski definition) is 9. The molecule has 9 heteroatoms. The number of phenols is 4. The van der Waals surface area contributed by atoms with E-state index in [0.717, 1.165) is 12.1 Å². The van der Waals surface area contributed by atoms with Gasteiger partial charge in [-0.2, -0.15) is 0 Å². The molecule has 3 heterocycles. The first kappa shape index (κ1) is 22.4. The third kappa shape index (κ3) is 3.69. The molecule has 3 aromatic carbocycles. The second-order valence-corrected chi connectivity index (χ2v) is 9.29. The van der Waals surface area contributed by atoms with Gasteiger partial charge in [0.25, 0.3) is 0 Å². The maximum Gasteiger partial charge on any atom is 0.197 e. The highest BCUT2D eigenvalue weighted by Gasteiger charge is 2.21. The van der Waals surface area contributed by atoms with Gasteiger partial charge >= 0.3 is 0 Å². The van der Waals surface area contributed by atoms with Gasteiger partial charge in [0.05, 0.1) is 10.4 Å². The highest BCUT2D eigenvalue weighted by Crippen LogP contribution is 2.42. The summed E-state index contributed by atoms with van der Waals surface area (Å²) in [5, 5.41) is 42.8. The van der Waals surface area contributed by atoms with Crippen molar-refractivity contribution in [2.75, 3.05) is 0 Å². The number of thiophene rings is 1. The molecule has 0 spiro atoms. The molecular weight excluding hydrogens is 496 g/mol. The van der Waals surface area contributed by atoms with Crippen LogP contribution in [0.4, 0.5) is 0 Å². The smallest absolute Gasteiger partial charge is 0.197 e. The highest BCUT2D eigenvalue weighted by atomic mass is 32.1. The Morgan fingerprint density at radius 3 is 2.16 bits per heavy atom. The first-order valence-electron chi connectivity index (χ1n) is 11.0. The molecule has 0 saturated heterocycles. The first-order valence-corrected chi connectivity index (χ1v) is 11.9. The Bertz CT molecular complexity index is 1970. The van der Waals surface area contributed by atoms with Crippen molar-refractivity contribution in [2.24, 2.45) is 0 Å². The number of phenolic OH excluding ortho intramolecular Hbond substituents is 4. The zero-order valence-electron chi connectivity index (χ0n) is 18.8. The second-order valence-electron chi connectivity index (χ2n) is 8.34. The molecule has 0 aliphatic rings. The lowest BCUT2D eigenvalue weighted by molar-refractivity contribution is 0.451. The summed E-state index contributed by atoms with van der Waals surface area (Å²) < 4.78 is 11.9. The quantitative estimate of drug-likeness (QED) is 0.234. The lowest BCUT2D eigenvalue weighted by atomic mass is 9.98. The number of fused-ring (bicyclic) bond motifs is 2. The molecule has 37 heavy (non-hydrogen) atoms. The minimum absolute atomic E-state index is 0.000332. The van der Waals surface area contributed by atoms with E-state index in [1.165, 1.54) is 29.5 Å². The minimum atomic E-state index is -0.510. The SMILES string of the molecule is O=c1cc(-c2cccc(-c3c(O)cc(O)c4c(=O)cc(-c5cccs5)oc34)c2)oc2cc(O)cc(O)c12. The molecule has 0 fully saturated rings. The average molecular weight is 512 g/mol. The van der Waals surface area contributed by atoms with Gasteiger partial charge in [0.2, 0.25) is 0 Å². The molecule has 182 valence electrons. The van der Waals surface area contributed by atoms with Crippen LogP contribution in [-0.4, -0.2) is 20.4 Å². The lowest BCUT2D eigenvalue weighted by Gasteiger charge is -2.12. The summed E-state index contributed by atoms with van der Waals surface area (Å²) >= 11 is 1.37. The molecule has 6 rings (SSSR count). The van der Waals surface area contributed by atoms with Gasteiger partial charge in [-0.1, -0.05) is 24.3 Å². The van der Waals surface area contributed by atoms with Gasteiger partial charge < -0.3 is 29.3 Å². The molecular formula is C28H16O8S. The summed E-state index contributed by atoms with van der Waals surface area (Å²) in [5.41, 5.74) is 0.0481. The van der Waals surface area contributed by atoms with Crippen LogP contribution in [0.15, 0.2) is 90.5 Å². The maximum absolute atomic E-state index is 12.9. The molecule has 3 aromatic heterocycles. The van der Waals surface area contributed by atoms with E-state index in [2.05, 4.69) is 0 Å². The van der Waals surface area contributed by atoms with E-state index >= 15 is 0 Å². The van der Waals surface area contributed by atoms with Crippen molar-refractivity contribution in [1.82, 2.24) is 0 Å². The van der Waals surface area contributed by atoms with Crippen LogP contribution >= 0.6 is 11.3 Å². The van der Waals surface area contributed by atoms with Crippen molar-refractivity contribution in [3.8, 4) is 56.1 Å². The molecule has 0 unspecified atom stereocenters. The molecule has 0 amide bonds. The summed E-state index contributed by atoms with van der Waals surface area (Å²) in [6, 6.07) is 16.1. The summed E-state index contributed by atoms with van der Waals surface area (Å²) in [7, 11) is 0. The molecule has 0 radical (unpaired) electrons. The Labute approximate surface area is 211 Å². The van der Waals surface area contributed by atoms with E-state index in [4.69, 9.17) is 8.83 Å². The number of aromatic hydroxyl groups is 4. The average Bonchev–Trinajstić information content (AvgIpc) is 3.38. The number of benzene rings is 3. The van der Waals surface area contributed by atoms with Crippen LogP contribution in [0.25, 0.3) is 55.0 Å². The Morgan fingerprint density at radius 2 is 1.38 bits per heavy atom. The largest absolute Gasteiger partial charge is 0.508 e. The molecule has 0 aliphatic heterocycles. The molecule has 0 bridgehead atoms. The van der Waals surface area contributed by atoms with Crippen molar-refractivity contribution >= 4 is 33.3 Å². The van der Waals surface area contributed by atoms with Crippen molar-refractivity contribution < 1.29 is 29.3 Å². The monoisotopic (exact) mass is 512 g/mol. The molecule has 0 saturated carbocycles. The van der Waals surface area contributed by atoms with Crippen LogP contribution in [0.3, 0.4) is 0 Å². The third-order valence-corrected chi connectivity index (χ3v) is 6.84. The van der Waals surface area contributed by atoms with Crippen LogP contribution in [0, 0.1) is 0 Å². The van der Waals surface area contributed by atoms with Gasteiger partial charge in [-0.15, -0.1) is 11.3 Å². The zero-order valence-corrected chi connectivity index (χ0v) is 19.6. The fourth-order valence-electron chi connectivity index (χ4n) is 4.35. The van der Waals surface area contributed by atoms with Crippen LogP contribution in [0.5, 0.6) is 23.0 Å². The Balaban J connectivity index is 1.59. The van der Waals surface area contributed by atoms with E-state index in [-0.39, 0.29) is 50.5 Å². The standard InChI is InChI=1S/C28H16O8S/c29-15-8-16(30)26-19(33)11-21(35-23(26)9-15)13-3-1-4-14(7-13)25-17(31)10-18(32)27-20(34)12-22(36-28(25)27)24-5-2-6-37-24/h1-12,29-32H. The predicted octanol–water partition coefficient (Wildman–Crippen LogP) is 5.78. The van der Waals surface area contributed by atoms with Crippen molar-refractivity contribution in [2.45, 2.75) is 0 Å². The van der Waals surface area contributed by atoms with Crippen LogP contribution in [0.2, 0.25) is 0 Å². The van der Waals surface area contributed by atoms with E-state index in [9.17, 15) is 30.0 Å². The summed E-state index contributed by atoms with van der Waals surface area (Å²) in [4.78, 5) is 26.3. The van der Waals surface area contributed by atoms with Gasteiger partial charge in [0.15, 0.2) is 16.4 Å². The second kappa shape index (κ2) is 8.28. The third-order valence-electron chi connectivity index (χ3n) is 5.95. The van der Waals surface area contributed by atoms with E-state index < -0.39 is 22.4 Å². The fourth-order valence-corrected chi connectivity index (χ4v) is 5.02. The fraction of sp³-hybridized carbons (Fsp3) is 0. The normalized spacial score (nSPS) is 11.4. The minimum Gasteiger partial charge on any atom is -0.508 e. The Kier molecular flexibility index (Phi) is 5.02. The first-order chi connectivity index (χ1) is 17.8. The summed E-state index contributed by atoms with van der Waals surface area (Å²) in [5.74, 6) is -0.970. The van der Waals surface area contributed by atoms with Crippen LogP contribution in [0.1, 0.15) is 0 Å². The lowest BCUT2D eigenvalue weighted by Crippen LogP contribution is -2.02. The van der Waals surface area contributed by atoms with E-state index in [0.29, 0.717) is 16.0 Å². The molecule has 6 aromatic rings. The summed E-state index contributed by atoms with van der Waals surface area (Å²) in [6.45, 7) is 0. The van der Waals surface area contributed by atoms with Crippen LogP contribution < -0.4 is 10.9 Å².